The lowest BCUT2D eigenvalue weighted by molar-refractivity contribution is 0.775. The smallest absolute Gasteiger partial charge is 0.139 e. The normalized spacial score (nSPS) is 10.7. The number of para-hydroxylation sites is 1. The maximum absolute atomic E-state index is 4.65. The zero-order valence-electron chi connectivity index (χ0n) is 12.8. The van der Waals surface area contributed by atoms with Crippen molar-refractivity contribution in [2.24, 2.45) is 0 Å². The van der Waals surface area contributed by atoms with Crippen molar-refractivity contribution in [1.29, 1.82) is 0 Å². The summed E-state index contributed by atoms with van der Waals surface area (Å²) >= 11 is 0. The van der Waals surface area contributed by atoms with Gasteiger partial charge in [0.2, 0.25) is 0 Å². The van der Waals surface area contributed by atoms with Crippen LogP contribution in [0.3, 0.4) is 0 Å². The maximum Gasteiger partial charge on any atom is 0.139 e. The highest BCUT2D eigenvalue weighted by atomic mass is 15.1. The van der Waals surface area contributed by atoms with E-state index in [0.29, 0.717) is 5.92 Å². The molecule has 1 heterocycles. The Balaban J connectivity index is 2.45. The van der Waals surface area contributed by atoms with Gasteiger partial charge < -0.3 is 10.6 Å². The first kappa shape index (κ1) is 14.3. The molecular formula is C16H22N4. The van der Waals surface area contributed by atoms with Crippen LogP contribution in [0, 0.1) is 13.8 Å². The van der Waals surface area contributed by atoms with E-state index in [9.17, 15) is 0 Å². The van der Waals surface area contributed by atoms with Crippen LogP contribution in [-0.4, -0.2) is 17.0 Å². The molecule has 0 fully saturated rings. The van der Waals surface area contributed by atoms with E-state index < -0.39 is 0 Å². The van der Waals surface area contributed by atoms with Gasteiger partial charge in [-0.3, -0.25) is 0 Å². The van der Waals surface area contributed by atoms with E-state index >= 15 is 0 Å². The van der Waals surface area contributed by atoms with Gasteiger partial charge in [0.15, 0.2) is 0 Å². The van der Waals surface area contributed by atoms with Gasteiger partial charge in [-0.2, -0.15) is 0 Å². The third-order valence-corrected chi connectivity index (χ3v) is 3.31. The largest absolute Gasteiger partial charge is 0.373 e. The lowest BCUT2D eigenvalue weighted by atomic mass is 10.1. The van der Waals surface area contributed by atoms with Crippen LogP contribution in [0.1, 0.15) is 36.7 Å². The number of nitrogens with zero attached hydrogens (tertiary/aromatic N) is 2. The first-order valence-corrected chi connectivity index (χ1v) is 6.92. The highest BCUT2D eigenvalue weighted by Crippen LogP contribution is 2.26. The average Bonchev–Trinajstić information content (AvgIpc) is 2.43. The van der Waals surface area contributed by atoms with Gasteiger partial charge in [-0.15, -0.1) is 0 Å². The summed E-state index contributed by atoms with van der Waals surface area (Å²) in [6.07, 6.45) is 0. The van der Waals surface area contributed by atoms with Gasteiger partial charge in [0, 0.05) is 24.2 Å². The minimum Gasteiger partial charge on any atom is -0.373 e. The van der Waals surface area contributed by atoms with E-state index in [1.807, 2.05) is 26.1 Å². The molecule has 0 bridgehead atoms. The molecular weight excluding hydrogens is 248 g/mol. The Morgan fingerprint density at radius 1 is 1.00 bits per heavy atom. The number of hydrogen-bond donors (Lipinski definition) is 2. The van der Waals surface area contributed by atoms with Gasteiger partial charge in [-0.05, 0) is 25.5 Å². The minimum atomic E-state index is 0.292. The van der Waals surface area contributed by atoms with Gasteiger partial charge >= 0.3 is 0 Å². The number of nitrogens with one attached hydrogen (secondary N) is 2. The molecule has 4 nitrogen and oxygen atoms in total. The Bertz CT molecular complexity index is 605. The quantitative estimate of drug-likeness (QED) is 0.881. The molecule has 0 saturated carbocycles. The van der Waals surface area contributed by atoms with E-state index in [0.717, 1.165) is 28.7 Å². The third-order valence-electron chi connectivity index (χ3n) is 3.31. The molecule has 0 aliphatic carbocycles. The van der Waals surface area contributed by atoms with E-state index in [1.165, 1.54) is 5.56 Å². The topological polar surface area (TPSA) is 49.8 Å². The Labute approximate surface area is 120 Å². The molecule has 0 spiro atoms. The van der Waals surface area contributed by atoms with Gasteiger partial charge in [-0.25, -0.2) is 9.97 Å². The second kappa shape index (κ2) is 5.90. The summed E-state index contributed by atoms with van der Waals surface area (Å²) < 4.78 is 0. The summed E-state index contributed by atoms with van der Waals surface area (Å²) in [5.41, 5.74) is 3.30. The molecule has 0 atom stereocenters. The van der Waals surface area contributed by atoms with Crippen molar-refractivity contribution in [3.63, 3.8) is 0 Å². The summed E-state index contributed by atoms with van der Waals surface area (Å²) in [6.45, 7) is 8.31. The average molecular weight is 270 g/mol. The van der Waals surface area contributed by atoms with Crippen molar-refractivity contribution in [2.75, 3.05) is 17.7 Å². The molecule has 0 aliphatic heterocycles. The summed E-state index contributed by atoms with van der Waals surface area (Å²) in [6, 6.07) is 8.20. The molecule has 0 radical (unpaired) electrons. The fourth-order valence-electron chi connectivity index (χ4n) is 2.00. The molecule has 0 amide bonds. The minimum absolute atomic E-state index is 0.292. The summed E-state index contributed by atoms with van der Waals surface area (Å²) in [5, 5.41) is 6.56. The SMILES string of the molecule is CNc1nc(C(C)C)nc(Nc2ccccc2C)c1C. The molecule has 4 heteroatoms. The van der Waals surface area contributed by atoms with Crippen molar-refractivity contribution >= 4 is 17.3 Å². The fraction of sp³-hybridized carbons (Fsp3) is 0.375. The molecule has 20 heavy (non-hydrogen) atoms. The van der Waals surface area contributed by atoms with Crippen LogP contribution in [0.2, 0.25) is 0 Å². The standard InChI is InChI=1S/C16H22N4/c1-10(2)14-19-15(17-5)12(4)16(20-14)18-13-9-7-6-8-11(13)3/h6-10H,1-5H3,(H2,17,18,19,20). The Hall–Kier alpha value is -2.10. The molecule has 0 unspecified atom stereocenters. The Morgan fingerprint density at radius 2 is 1.65 bits per heavy atom. The van der Waals surface area contributed by atoms with Crippen LogP contribution in [0.25, 0.3) is 0 Å². The van der Waals surface area contributed by atoms with Crippen molar-refractivity contribution in [3.8, 4) is 0 Å². The predicted molar refractivity (Wildman–Crippen MR) is 84.9 cm³/mol. The Morgan fingerprint density at radius 3 is 2.25 bits per heavy atom. The molecule has 0 saturated heterocycles. The van der Waals surface area contributed by atoms with Crippen LogP contribution in [0.5, 0.6) is 0 Å². The number of hydrogen-bond acceptors (Lipinski definition) is 4. The summed E-state index contributed by atoms with van der Waals surface area (Å²) in [5.74, 6) is 2.87. The first-order chi connectivity index (χ1) is 9.52. The van der Waals surface area contributed by atoms with E-state index in [1.54, 1.807) is 0 Å². The van der Waals surface area contributed by atoms with Gasteiger partial charge in [0.1, 0.15) is 17.5 Å². The van der Waals surface area contributed by atoms with Crippen molar-refractivity contribution in [3.05, 3.63) is 41.2 Å². The van der Waals surface area contributed by atoms with Crippen LogP contribution in [-0.2, 0) is 0 Å². The van der Waals surface area contributed by atoms with Crippen LogP contribution >= 0.6 is 0 Å². The highest BCUT2D eigenvalue weighted by molar-refractivity contribution is 5.66. The predicted octanol–water partition coefficient (Wildman–Crippen LogP) is 4.00. The molecule has 2 aromatic rings. The monoisotopic (exact) mass is 270 g/mol. The molecule has 1 aromatic carbocycles. The maximum atomic E-state index is 4.65. The number of aryl methyl sites for hydroxylation is 1. The van der Waals surface area contributed by atoms with E-state index in [2.05, 4.69) is 53.5 Å². The van der Waals surface area contributed by atoms with Crippen molar-refractivity contribution in [1.82, 2.24) is 9.97 Å². The molecule has 1 aromatic heterocycles. The van der Waals surface area contributed by atoms with Gasteiger partial charge in [-0.1, -0.05) is 32.0 Å². The number of benzene rings is 1. The summed E-state index contributed by atoms with van der Waals surface area (Å²) in [7, 11) is 1.89. The second-order valence-electron chi connectivity index (χ2n) is 5.25. The van der Waals surface area contributed by atoms with Crippen LogP contribution in [0.15, 0.2) is 24.3 Å². The molecule has 2 rings (SSSR count). The number of anilines is 3. The van der Waals surface area contributed by atoms with Crippen LogP contribution in [0.4, 0.5) is 17.3 Å². The third kappa shape index (κ3) is 2.90. The Kier molecular flexibility index (Phi) is 4.23. The van der Waals surface area contributed by atoms with E-state index in [-0.39, 0.29) is 0 Å². The zero-order valence-corrected chi connectivity index (χ0v) is 12.8. The number of aromatic nitrogens is 2. The fourth-order valence-corrected chi connectivity index (χ4v) is 2.00. The molecule has 2 N–H and O–H groups in total. The summed E-state index contributed by atoms with van der Waals surface area (Å²) in [4.78, 5) is 9.21. The second-order valence-corrected chi connectivity index (χ2v) is 5.25. The lowest BCUT2D eigenvalue weighted by Gasteiger charge is -2.16. The number of rotatable bonds is 4. The van der Waals surface area contributed by atoms with Gasteiger partial charge in [0.05, 0.1) is 0 Å². The highest BCUT2D eigenvalue weighted by Gasteiger charge is 2.12. The molecule has 0 aliphatic rings. The van der Waals surface area contributed by atoms with Gasteiger partial charge in [0.25, 0.3) is 0 Å². The van der Waals surface area contributed by atoms with Crippen molar-refractivity contribution in [2.45, 2.75) is 33.6 Å². The lowest BCUT2D eigenvalue weighted by Crippen LogP contribution is -2.08. The zero-order chi connectivity index (χ0) is 14.7. The van der Waals surface area contributed by atoms with Crippen LogP contribution < -0.4 is 10.6 Å². The van der Waals surface area contributed by atoms with Crippen molar-refractivity contribution < 1.29 is 0 Å². The molecule has 106 valence electrons. The first-order valence-electron chi connectivity index (χ1n) is 6.92. The van der Waals surface area contributed by atoms with E-state index in [4.69, 9.17) is 0 Å².